The van der Waals surface area contributed by atoms with Crippen molar-refractivity contribution < 1.29 is 5.11 Å². The summed E-state index contributed by atoms with van der Waals surface area (Å²) in [5, 5.41) is 12.6. The Morgan fingerprint density at radius 3 is 3.14 bits per heavy atom. The Labute approximate surface area is 84.9 Å². The van der Waals surface area contributed by atoms with Crippen molar-refractivity contribution in [3.05, 3.63) is 11.3 Å². The molecule has 74 valence electrons. The van der Waals surface area contributed by atoms with Gasteiger partial charge in [0.25, 0.3) is 0 Å². The van der Waals surface area contributed by atoms with Gasteiger partial charge in [-0.2, -0.15) is 0 Å². The zero-order chi connectivity index (χ0) is 9.97. The number of nitrogens with one attached hydrogen (secondary N) is 1. The molecular formula is C8H10N4OS. The minimum atomic E-state index is 0.0780. The van der Waals surface area contributed by atoms with Crippen LogP contribution in [0.5, 0.6) is 0 Å². The second kappa shape index (κ2) is 3.85. The van der Waals surface area contributed by atoms with E-state index in [1.165, 1.54) is 17.7 Å². The van der Waals surface area contributed by atoms with Crippen molar-refractivity contribution in [3.63, 3.8) is 0 Å². The van der Waals surface area contributed by atoms with Crippen molar-refractivity contribution >= 4 is 27.5 Å². The second-order valence-electron chi connectivity index (χ2n) is 2.76. The van der Waals surface area contributed by atoms with Crippen LogP contribution in [0.25, 0.3) is 10.3 Å². The molecule has 2 N–H and O–H groups in total. The quantitative estimate of drug-likeness (QED) is 0.784. The lowest BCUT2D eigenvalue weighted by atomic mass is 10.5. The van der Waals surface area contributed by atoms with Gasteiger partial charge in [0.15, 0.2) is 5.82 Å². The number of nitrogens with zero attached hydrogens (tertiary/aromatic N) is 3. The second-order valence-corrected chi connectivity index (χ2v) is 3.94. The van der Waals surface area contributed by atoms with Gasteiger partial charge in [-0.15, -0.1) is 0 Å². The van der Waals surface area contributed by atoms with E-state index in [4.69, 9.17) is 5.11 Å². The highest BCUT2D eigenvalue weighted by Gasteiger charge is 2.07. The fourth-order valence-corrected chi connectivity index (χ4v) is 1.92. The van der Waals surface area contributed by atoms with Gasteiger partial charge in [0.2, 0.25) is 0 Å². The summed E-state index contributed by atoms with van der Waals surface area (Å²) in [7, 11) is 0. The fraction of sp³-hybridized carbons (Fsp3) is 0.375. The number of aromatic nitrogens is 3. The molecule has 0 amide bonds. The summed E-state index contributed by atoms with van der Waals surface area (Å²) in [5.74, 6) is 0.688. The number of rotatable bonds is 3. The molecule has 0 atom stereocenters. The van der Waals surface area contributed by atoms with E-state index in [0.717, 1.165) is 15.4 Å². The monoisotopic (exact) mass is 210 g/mol. The first-order valence-electron chi connectivity index (χ1n) is 4.24. The molecule has 0 fully saturated rings. The zero-order valence-corrected chi connectivity index (χ0v) is 8.51. The van der Waals surface area contributed by atoms with Crippen LogP contribution in [0.4, 0.5) is 5.82 Å². The summed E-state index contributed by atoms with van der Waals surface area (Å²) in [6.07, 6.45) is 1.50. The number of hydrogen-bond donors (Lipinski definition) is 2. The molecule has 0 saturated heterocycles. The molecule has 2 heterocycles. The van der Waals surface area contributed by atoms with Crippen LogP contribution in [0.1, 0.15) is 5.01 Å². The van der Waals surface area contributed by atoms with Crippen molar-refractivity contribution in [3.8, 4) is 0 Å². The predicted molar refractivity (Wildman–Crippen MR) is 55.5 cm³/mol. The Morgan fingerprint density at radius 1 is 1.50 bits per heavy atom. The highest BCUT2D eigenvalue weighted by molar-refractivity contribution is 7.18. The molecule has 14 heavy (non-hydrogen) atoms. The molecule has 2 rings (SSSR count). The molecule has 0 saturated carbocycles. The van der Waals surface area contributed by atoms with E-state index in [-0.39, 0.29) is 6.61 Å². The van der Waals surface area contributed by atoms with Crippen molar-refractivity contribution in [2.24, 2.45) is 0 Å². The average molecular weight is 210 g/mol. The van der Waals surface area contributed by atoms with Crippen molar-refractivity contribution in [1.29, 1.82) is 0 Å². The van der Waals surface area contributed by atoms with Crippen LogP contribution in [0.3, 0.4) is 0 Å². The number of fused-ring (bicyclic) bond motifs is 1. The van der Waals surface area contributed by atoms with Gasteiger partial charge in [0.1, 0.15) is 16.7 Å². The van der Waals surface area contributed by atoms with E-state index in [9.17, 15) is 0 Å². The Hall–Kier alpha value is -1.27. The number of thiazole rings is 1. The van der Waals surface area contributed by atoms with E-state index < -0.39 is 0 Å². The first kappa shape index (κ1) is 9.29. The lowest BCUT2D eigenvalue weighted by Gasteiger charge is -2.01. The fourth-order valence-electron chi connectivity index (χ4n) is 1.16. The maximum Gasteiger partial charge on any atom is 0.157 e. The Balaban J connectivity index is 2.42. The van der Waals surface area contributed by atoms with E-state index >= 15 is 0 Å². The summed E-state index contributed by atoms with van der Waals surface area (Å²) in [4.78, 5) is 13.4. The van der Waals surface area contributed by atoms with Crippen molar-refractivity contribution in [2.45, 2.75) is 6.92 Å². The van der Waals surface area contributed by atoms with Gasteiger partial charge >= 0.3 is 0 Å². The minimum absolute atomic E-state index is 0.0780. The van der Waals surface area contributed by atoms with Gasteiger partial charge < -0.3 is 10.4 Å². The van der Waals surface area contributed by atoms with Gasteiger partial charge in [-0.3, -0.25) is 0 Å². The van der Waals surface area contributed by atoms with E-state index in [2.05, 4.69) is 20.3 Å². The number of aryl methyl sites for hydroxylation is 1. The normalized spacial score (nSPS) is 10.7. The number of hydrogen-bond acceptors (Lipinski definition) is 6. The van der Waals surface area contributed by atoms with Crippen LogP contribution in [0.15, 0.2) is 6.33 Å². The lowest BCUT2D eigenvalue weighted by Crippen LogP contribution is -2.07. The number of aliphatic hydroxyl groups excluding tert-OH is 1. The summed E-state index contributed by atoms with van der Waals surface area (Å²) < 4.78 is 0. The van der Waals surface area contributed by atoms with Gasteiger partial charge in [-0.25, -0.2) is 15.0 Å². The highest BCUT2D eigenvalue weighted by atomic mass is 32.1. The Kier molecular flexibility index (Phi) is 2.55. The summed E-state index contributed by atoms with van der Waals surface area (Å²) in [5.41, 5.74) is 0.781. The first-order chi connectivity index (χ1) is 6.81. The third kappa shape index (κ3) is 1.66. The Bertz CT molecular complexity index is 442. The van der Waals surface area contributed by atoms with Gasteiger partial charge in [0, 0.05) is 6.54 Å². The predicted octanol–water partition coefficient (Wildman–Crippen LogP) is 0.799. The van der Waals surface area contributed by atoms with Gasteiger partial charge in [0.05, 0.1) is 11.6 Å². The van der Waals surface area contributed by atoms with E-state index in [1.807, 2.05) is 6.92 Å². The average Bonchev–Trinajstić information content (AvgIpc) is 2.55. The third-order valence-corrected chi connectivity index (χ3v) is 2.59. The van der Waals surface area contributed by atoms with Gasteiger partial charge in [-0.05, 0) is 6.92 Å². The van der Waals surface area contributed by atoms with Crippen molar-refractivity contribution in [1.82, 2.24) is 15.0 Å². The third-order valence-electron chi connectivity index (χ3n) is 1.71. The molecule has 0 aliphatic rings. The lowest BCUT2D eigenvalue weighted by molar-refractivity contribution is 0.311. The largest absolute Gasteiger partial charge is 0.395 e. The smallest absolute Gasteiger partial charge is 0.157 e. The number of aliphatic hydroxyl groups is 1. The molecule has 0 aliphatic carbocycles. The molecule has 0 aromatic carbocycles. The number of anilines is 1. The summed E-state index contributed by atoms with van der Waals surface area (Å²) in [6, 6.07) is 0. The Morgan fingerprint density at radius 2 is 2.36 bits per heavy atom. The molecule has 0 bridgehead atoms. The molecule has 0 radical (unpaired) electrons. The van der Waals surface area contributed by atoms with E-state index in [1.54, 1.807) is 0 Å². The molecule has 0 unspecified atom stereocenters. The maximum atomic E-state index is 8.68. The molecular weight excluding hydrogens is 200 g/mol. The SMILES string of the molecule is Cc1nc2c(NCCO)ncnc2s1. The first-order valence-corrected chi connectivity index (χ1v) is 5.06. The standard InChI is InChI=1S/C8H10N4OS/c1-5-12-6-7(9-2-3-13)10-4-11-8(6)14-5/h4,13H,2-3H2,1H3,(H,9,10,11). The summed E-state index contributed by atoms with van der Waals surface area (Å²) >= 11 is 1.54. The zero-order valence-electron chi connectivity index (χ0n) is 7.69. The van der Waals surface area contributed by atoms with Crippen LogP contribution in [-0.4, -0.2) is 33.2 Å². The molecule has 5 nitrogen and oxygen atoms in total. The minimum Gasteiger partial charge on any atom is -0.395 e. The van der Waals surface area contributed by atoms with Crippen molar-refractivity contribution in [2.75, 3.05) is 18.5 Å². The van der Waals surface area contributed by atoms with Crippen LogP contribution in [-0.2, 0) is 0 Å². The maximum absolute atomic E-state index is 8.68. The van der Waals surface area contributed by atoms with E-state index in [0.29, 0.717) is 12.4 Å². The molecule has 0 spiro atoms. The van der Waals surface area contributed by atoms with Gasteiger partial charge in [-0.1, -0.05) is 11.3 Å². The molecule has 0 aliphatic heterocycles. The molecule has 2 aromatic rings. The van der Waals surface area contributed by atoms with Crippen LogP contribution >= 0.6 is 11.3 Å². The van der Waals surface area contributed by atoms with Crippen LogP contribution in [0.2, 0.25) is 0 Å². The van der Waals surface area contributed by atoms with Crippen LogP contribution < -0.4 is 5.32 Å². The highest BCUT2D eigenvalue weighted by Crippen LogP contribution is 2.23. The molecule has 2 aromatic heterocycles. The topological polar surface area (TPSA) is 70.9 Å². The summed E-state index contributed by atoms with van der Waals surface area (Å²) in [6.45, 7) is 2.49. The molecule has 6 heteroatoms. The van der Waals surface area contributed by atoms with Crippen LogP contribution in [0, 0.1) is 6.92 Å².